The van der Waals surface area contributed by atoms with Gasteiger partial charge in [-0.15, -0.1) is 11.3 Å². The number of hydrogen-bond acceptors (Lipinski definition) is 6. The Balaban J connectivity index is 1.46. The van der Waals surface area contributed by atoms with Crippen molar-refractivity contribution in [1.82, 2.24) is 9.97 Å². The number of thiazole rings is 1. The van der Waals surface area contributed by atoms with Gasteiger partial charge < -0.3 is 5.32 Å². The summed E-state index contributed by atoms with van der Waals surface area (Å²) in [5.41, 5.74) is 3.01. The molecule has 168 valence electrons. The molecule has 0 saturated heterocycles. The molecule has 1 aromatic carbocycles. The monoisotopic (exact) mass is 490 g/mol. The van der Waals surface area contributed by atoms with E-state index >= 15 is 0 Å². The van der Waals surface area contributed by atoms with E-state index in [1.807, 2.05) is 31.2 Å². The van der Waals surface area contributed by atoms with E-state index in [4.69, 9.17) is 11.6 Å². The van der Waals surface area contributed by atoms with Gasteiger partial charge in [0, 0.05) is 29.0 Å². The molecule has 32 heavy (non-hydrogen) atoms. The number of aromatic nitrogens is 2. The van der Waals surface area contributed by atoms with E-state index in [0.717, 1.165) is 16.7 Å². The van der Waals surface area contributed by atoms with E-state index < -0.39 is 15.4 Å². The lowest BCUT2D eigenvalue weighted by Crippen LogP contribution is -2.35. The Hall–Kier alpha value is -2.49. The minimum Gasteiger partial charge on any atom is -0.325 e. The van der Waals surface area contributed by atoms with Crippen molar-refractivity contribution in [2.75, 3.05) is 10.0 Å². The van der Waals surface area contributed by atoms with Gasteiger partial charge in [0.15, 0.2) is 5.13 Å². The van der Waals surface area contributed by atoms with Crippen molar-refractivity contribution in [3.8, 4) is 11.1 Å². The van der Waals surface area contributed by atoms with E-state index in [2.05, 4.69) is 20.0 Å². The predicted octanol–water partition coefficient (Wildman–Crippen LogP) is 4.99. The van der Waals surface area contributed by atoms with Crippen LogP contribution >= 0.6 is 22.9 Å². The topological polar surface area (TPSA) is 101 Å². The molecule has 3 aromatic rings. The first-order valence-corrected chi connectivity index (χ1v) is 12.9. The zero-order valence-corrected chi connectivity index (χ0v) is 20.2. The lowest BCUT2D eigenvalue weighted by atomic mass is 9.89. The fourth-order valence-electron chi connectivity index (χ4n) is 3.12. The number of rotatable bonds is 7. The van der Waals surface area contributed by atoms with Crippen LogP contribution in [-0.4, -0.2) is 29.5 Å². The van der Waals surface area contributed by atoms with Gasteiger partial charge >= 0.3 is 0 Å². The second-order valence-electron chi connectivity index (χ2n) is 8.33. The van der Waals surface area contributed by atoms with Gasteiger partial charge in [0.1, 0.15) is 0 Å². The molecule has 1 aliphatic rings. The molecule has 2 aromatic heterocycles. The normalized spacial score (nSPS) is 14.2. The Morgan fingerprint density at radius 1 is 1.19 bits per heavy atom. The van der Waals surface area contributed by atoms with Gasteiger partial charge in [0.05, 0.1) is 21.4 Å². The molecule has 2 heterocycles. The van der Waals surface area contributed by atoms with Crippen LogP contribution in [0.25, 0.3) is 11.1 Å². The first-order valence-electron chi connectivity index (χ1n) is 10.1. The molecule has 4 rings (SSSR count). The van der Waals surface area contributed by atoms with Crippen LogP contribution in [0.5, 0.6) is 0 Å². The Morgan fingerprint density at radius 2 is 1.88 bits per heavy atom. The number of nitrogens with zero attached hydrogens (tertiary/aromatic N) is 2. The molecule has 7 nitrogen and oxygen atoms in total. The SMILES string of the molecule is Cc1c(Cl)cncc1-c1ccc(NC(=O)C(C)(C)c2csc(NS(=O)(=O)C3CC3)n2)cc1. The van der Waals surface area contributed by atoms with Crippen LogP contribution < -0.4 is 10.0 Å². The van der Waals surface area contributed by atoms with Gasteiger partial charge in [0.2, 0.25) is 15.9 Å². The Labute approximate surface area is 196 Å². The smallest absolute Gasteiger partial charge is 0.237 e. The molecule has 2 N–H and O–H groups in total. The first-order chi connectivity index (χ1) is 15.1. The van der Waals surface area contributed by atoms with Crippen LogP contribution in [0.1, 0.15) is 37.9 Å². The maximum absolute atomic E-state index is 13.0. The van der Waals surface area contributed by atoms with Crippen molar-refractivity contribution in [3.63, 3.8) is 0 Å². The molecular weight excluding hydrogens is 468 g/mol. The number of amides is 1. The van der Waals surface area contributed by atoms with Gasteiger partial charge in [-0.2, -0.15) is 0 Å². The number of benzene rings is 1. The van der Waals surface area contributed by atoms with Crippen LogP contribution in [0.2, 0.25) is 5.02 Å². The Bertz CT molecular complexity index is 1270. The lowest BCUT2D eigenvalue weighted by Gasteiger charge is -2.21. The van der Waals surface area contributed by atoms with Crippen LogP contribution in [0.15, 0.2) is 42.0 Å². The third kappa shape index (κ3) is 4.65. The second kappa shape index (κ2) is 8.46. The number of sulfonamides is 1. The van der Waals surface area contributed by atoms with Crippen molar-refractivity contribution in [2.45, 2.75) is 44.3 Å². The zero-order valence-electron chi connectivity index (χ0n) is 17.8. The molecular formula is C22H23ClN4O3S2. The summed E-state index contributed by atoms with van der Waals surface area (Å²) in [6, 6.07) is 7.44. The molecule has 1 amide bonds. The summed E-state index contributed by atoms with van der Waals surface area (Å²) in [5.74, 6) is -0.243. The maximum atomic E-state index is 13.0. The van der Waals surface area contributed by atoms with Crippen LogP contribution in [0.4, 0.5) is 10.8 Å². The lowest BCUT2D eigenvalue weighted by molar-refractivity contribution is -0.120. The number of pyridine rings is 1. The minimum atomic E-state index is -3.39. The number of hydrogen-bond donors (Lipinski definition) is 2. The number of halogens is 1. The number of carbonyl (C=O) groups excluding carboxylic acids is 1. The largest absolute Gasteiger partial charge is 0.325 e. The van der Waals surface area contributed by atoms with Crippen LogP contribution in [-0.2, 0) is 20.2 Å². The Morgan fingerprint density at radius 3 is 2.53 bits per heavy atom. The number of nitrogens with one attached hydrogen (secondary N) is 2. The van der Waals surface area contributed by atoms with Crippen molar-refractivity contribution >= 4 is 49.7 Å². The molecule has 0 radical (unpaired) electrons. The average molecular weight is 491 g/mol. The summed E-state index contributed by atoms with van der Waals surface area (Å²) in [6.07, 6.45) is 4.72. The van der Waals surface area contributed by atoms with Gasteiger partial charge in [-0.1, -0.05) is 23.7 Å². The average Bonchev–Trinajstić information content (AvgIpc) is 3.51. The van der Waals surface area contributed by atoms with Crippen molar-refractivity contribution in [1.29, 1.82) is 0 Å². The molecule has 0 spiro atoms. The standard InChI is InChI=1S/C22H23ClN4O3S2/c1-13-17(10-24-11-18(13)23)14-4-6-15(7-5-14)25-20(28)22(2,3)19-12-31-21(26-19)27-32(29,30)16-8-9-16/h4-7,10-12,16H,8-9H2,1-3H3,(H,25,28)(H,26,27). The van der Waals surface area contributed by atoms with Gasteiger partial charge in [-0.3, -0.25) is 14.5 Å². The highest BCUT2D eigenvalue weighted by Crippen LogP contribution is 2.33. The predicted molar refractivity (Wildman–Crippen MR) is 129 cm³/mol. The molecule has 0 aliphatic heterocycles. The summed E-state index contributed by atoms with van der Waals surface area (Å²) in [5, 5.41) is 5.18. The molecule has 1 saturated carbocycles. The second-order valence-corrected chi connectivity index (χ2v) is 11.6. The van der Waals surface area contributed by atoms with E-state index in [-0.39, 0.29) is 16.3 Å². The van der Waals surface area contributed by atoms with Crippen molar-refractivity contribution in [2.24, 2.45) is 0 Å². The van der Waals surface area contributed by atoms with E-state index in [1.165, 1.54) is 11.3 Å². The molecule has 1 aliphatic carbocycles. The maximum Gasteiger partial charge on any atom is 0.237 e. The fraction of sp³-hybridized carbons (Fsp3) is 0.318. The van der Waals surface area contributed by atoms with E-state index in [0.29, 0.717) is 29.2 Å². The van der Waals surface area contributed by atoms with E-state index in [9.17, 15) is 13.2 Å². The van der Waals surface area contributed by atoms with E-state index in [1.54, 1.807) is 31.6 Å². The van der Waals surface area contributed by atoms with Crippen molar-refractivity contribution in [3.05, 3.63) is 58.3 Å². The highest BCUT2D eigenvalue weighted by atomic mass is 35.5. The number of carbonyl (C=O) groups is 1. The highest BCUT2D eigenvalue weighted by molar-refractivity contribution is 7.93. The van der Waals surface area contributed by atoms with Gasteiger partial charge in [-0.05, 0) is 56.9 Å². The highest BCUT2D eigenvalue weighted by Gasteiger charge is 2.37. The summed E-state index contributed by atoms with van der Waals surface area (Å²) in [7, 11) is -3.39. The molecule has 0 bridgehead atoms. The quantitative estimate of drug-likeness (QED) is 0.486. The third-order valence-electron chi connectivity index (χ3n) is 5.51. The Kier molecular flexibility index (Phi) is 6.00. The fourth-order valence-corrected chi connectivity index (χ4v) is 5.75. The summed E-state index contributed by atoms with van der Waals surface area (Å²) >= 11 is 7.34. The summed E-state index contributed by atoms with van der Waals surface area (Å²) in [6.45, 7) is 5.45. The molecule has 0 atom stereocenters. The van der Waals surface area contributed by atoms with Gasteiger partial charge in [0.25, 0.3) is 0 Å². The first kappa shape index (κ1) is 22.7. The third-order valence-corrected chi connectivity index (χ3v) is 8.61. The summed E-state index contributed by atoms with van der Waals surface area (Å²) in [4.78, 5) is 21.5. The molecule has 10 heteroatoms. The number of anilines is 2. The molecule has 0 unspecified atom stereocenters. The van der Waals surface area contributed by atoms with Crippen LogP contribution in [0, 0.1) is 6.92 Å². The van der Waals surface area contributed by atoms with Gasteiger partial charge in [-0.25, -0.2) is 13.4 Å². The van der Waals surface area contributed by atoms with Crippen molar-refractivity contribution < 1.29 is 13.2 Å². The minimum absolute atomic E-state index is 0.243. The summed E-state index contributed by atoms with van der Waals surface area (Å²) < 4.78 is 26.8. The zero-order chi connectivity index (χ0) is 23.1. The van der Waals surface area contributed by atoms with Crippen LogP contribution in [0.3, 0.4) is 0 Å². The molecule has 1 fully saturated rings.